The molecule has 1 unspecified atom stereocenters. The number of carbonyl (C=O) groups is 1. The number of hydrogen-bond donors (Lipinski definition) is 1. The number of benzene rings is 2. The highest BCUT2D eigenvalue weighted by Crippen LogP contribution is 2.27. The van der Waals surface area contributed by atoms with Gasteiger partial charge >= 0.3 is 0 Å². The van der Waals surface area contributed by atoms with Gasteiger partial charge in [0.1, 0.15) is 12.4 Å². The van der Waals surface area contributed by atoms with Crippen molar-refractivity contribution in [2.24, 2.45) is 0 Å². The predicted octanol–water partition coefficient (Wildman–Crippen LogP) is 5.61. The smallest absolute Gasteiger partial charge is 0.252 e. The molecule has 0 saturated heterocycles. The average molecular weight is 421 g/mol. The number of carbonyl (C=O) groups excluding carboxylic acids is 1. The van der Waals surface area contributed by atoms with Gasteiger partial charge in [-0.25, -0.2) is 4.98 Å². The average Bonchev–Trinajstić information content (AvgIpc) is 3.46. The highest BCUT2D eigenvalue weighted by Gasteiger charge is 2.18. The van der Waals surface area contributed by atoms with Gasteiger partial charge < -0.3 is 10.1 Å². The van der Waals surface area contributed by atoms with Crippen LogP contribution in [-0.2, 0) is 6.61 Å². The van der Waals surface area contributed by atoms with Gasteiger partial charge in [-0.05, 0) is 48.2 Å². The van der Waals surface area contributed by atoms with E-state index in [1.807, 2.05) is 35.0 Å². The Labute approximate surface area is 177 Å². The Kier molecular flexibility index (Phi) is 6.03. The van der Waals surface area contributed by atoms with E-state index in [4.69, 9.17) is 4.74 Å². The van der Waals surface area contributed by atoms with E-state index in [0.29, 0.717) is 17.9 Å². The molecule has 0 aliphatic carbocycles. The van der Waals surface area contributed by atoms with E-state index < -0.39 is 0 Å². The molecule has 0 radical (unpaired) electrons. The molecule has 0 bridgehead atoms. The molecule has 29 heavy (non-hydrogen) atoms. The molecule has 0 saturated carbocycles. The quantitative estimate of drug-likeness (QED) is 0.423. The van der Waals surface area contributed by atoms with Crippen LogP contribution in [0.15, 0.2) is 76.9 Å². The zero-order valence-corrected chi connectivity index (χ0v) is 17.5. The second-order valence-corrected chi connectivity index (χ2v) is 8.32. The molecular weight excluding hydrogens is 400 g/mol. The molecule has 1 N–H and O–H groups in total. The molecule has 0 aliphatic rings. The second-order valence-electron chi connectivity index (χ2n) is 6.63. The molecule has 4 aromatic rings. The zero-order valence-electron chi connectivity index (χ0n) is 15.9. The number of ether oxygens (including phenoxy) is 1. The normalized spacial score (nSPS) is 11.8. The first kappa shape index (κ1) is 19.4. The van der Waals surface area contributed by atoms with Gasteiger partial charge in [0, 0.05) is 15.8 Å². The monoisotopic (exact) mass is 420 g/mol. The van der Waals surface area contributed by atoms with Crippen LogP contribution in [0.4, 0.5) is 0 Å². The summed E-state index contributed by atoms with van der Waals surface area (Å²) in [6.07, 6.45) is 0. The standard InChI is InChI=1S/C23H20N2O2S2/c1-16-4-6-17(7-5-16)22(21-3-2-12-29-21)25-23(26)18-8-10-20(11-9-18)27-13-19-14-28-15-24-19/h2-12,14-15,22H,13H2,1H3,(H,25,26). The summed E-state index contributed by atoms with van der Waals surface area (Å²) in [5, 5.41) is 7.15. The number of nitrogens with zero attached hydrogens (tertiary/aromatic N) is 1. The lowest BCUT2D eigenvalue weighted by molar-refractivity contribution is 0.0943. The van der Waals surface area contributed by atoms with Crippen molar-refractivity contribution >= 4 is 28.6 Å². The Morgan fingerprint density at radius 1 is 1.10 bits per heavy atom. The van der Waals surface area contributed by atoms with E-state index in [2.05, 4.69) is 41.5 Å². The lowest BCUT2D eigenvalue weighted by Gasteiger charge is -2.18. The number of thiophene rings is 1. The van der Waals surface area contributed by atoms with Gasteiger partial charge in [-0.15, -0.1) is 22.7 Å². The van der Waals surface area contributed by atoms with E-state index in [-0.39, 0.29) is 11.9 Å². The van der Waals surface area contributed by atoms with Gasteiger partial charge in [-0.2, -0.15) is 0 Å². The maximum atomic E-state index is 12.9. The van der Waals surface area contributed by atoms with Gasteiger partial charge in [0.2, 0.25) is 0 Å². The number of thiazole rings is 1. The minimum atomic E-state index is -0.177. The molecule has 1 atom stereocenters. The molecule has 4 rings (SSSR count). The van der Waals surface area contributed by atoms with Gasteiger partial charge in [0.25, 0.3) is 5.91 Å². The number of nitrogens with one attached hydrogen (secondary N) is 1. The Balaban J connectivity index is 1.46. The van der Waals surface area contributed by atoms with Gasteiger partial charge in [-0.3, -0.25) is 4.79 Å². The third kappa shape index (κ3) is 4.91. The fourth-order valence-corrected chi connectivity index (χ4v) is 4.26. The topological polar surface area (TPSA) is 51.2 Å². The minimum Gasteiger partial charge on any atom is -0.487 e. The molecule has 6 heteroatoms. The van der Waals surface area contributed by atoms with Crippen molar-refractivity contribution in [2.45, 2.75) is 19.6 Å². The summed E-state index contributed by atoms with van der Waals surface area (Å²) in [7, 11) is 0. The molecule has 0 aliphatic heterocycles. The Morgan fingerprint density at radius 2 is 1.90 bits per heavy atom. The first-order chi connectivity index (χ1) is 14.2. The fraction of sp³-hybridized carbons (Fsp3) is 0.130. The first-order valence-corrected chi connectivity index (χ1v) is 11.0. The van der Waals surface area contributed by atoms with E-state index in [1.54, 1.807) is 40.3 Å². The largest absolute Gasteiger partial charge is 0.487 e. The maximum Gasteiger partial charge on any atom is 0.252 e. The molecule has 2 heterocycles. The number of amides is 1. The SMILES string of the molecule is Cc1ccc(C(NC(=O)c2ccc(OCc3cscn3)cc2)c2cccs2)cc1. The van der Waals surface area contributed by atoms with Crippen molar-refractivity contribution in [2.75, 3.05) is 0 Å². The van der Waals surface area contributed by atoms with Crippen molar-refractivity contribution in [3.8, 4) is 5.75 Å². The van der Waals surface area contributed by atoms with Crippen LogP contribution in [0.5, 0.6) is 5.75 Å². The lowest BCUT2D eigenvalue weighted by atomic mass is 10.0. The van der Waals surface area contributed by atoms with Crippen LogP contribution in [0.3, 0.4) is 0 Å². The van der Waals surface area contributed by atoms with Gasteiger partial charge in [-0.1, -0.05) is 35.9 Å². The molecule has 146 valence electrons. The number of aryl methyl sites for hydroxylation is 1. The molecular formula is C23H20N2O2S2. The summed E-state index contributed by atoms with van der Waals surface area (Å²) in [6, 6.07) is 19.3. The summed E-state index contributed by atoms with van der Waals surface area (Å²) in [6.45, 7) is 2.48. The van der Waals surface area contributed by atoms with E-state index in [0.717, 1.165) is 16.1 Å². The lowest BCUT2D eigenvalue weighted by Crippen LogP contribution is -2.28. The van der Waals surface area contributed by atoms with Crippen molar-refractivity contribution in [1.82, 2.24) is 10.3 Å². The molecule has 1 amide bonds. The second kappa shape index (κ2) is 9.03. The van der Waals surface area contributed by atoms with Crippen LogP contribution in [-0.4, -0.2) is 10.9 Å². The minimum absolute atomic E-state index is 0.116. The maximum absolute atomic E-state index is 12.9. The van der Waals surface area contributed by atoms with Crippen LogP contribution in [0.25, 0.3) is 0 Å². The summed E-state index contributed by atoms with van der Waals surface area (Å²) >= 11 is 3.18. The molecule has 4 nitrogen and oxygen atoms in total. The van der Waals surface area contributed by atoms with Crippen molar-refractivity contribution in [3.63, 3.8) is 0 Å². The van der Waals surface area contributed by atoms with Crippen LogP contribution in [0, 0.1) is 6.92 Å². The third-order valence-electron chi connectivity index (χ3n) is 4.50. The first-order valence-electron chi connectivity index (χ1n) is 9.20. The van der Waals surface area contributed by atoms with E-state index in [9.17, 15) is 4.79 Å². The van der Waals surface area contributed by atoms with Gasteiger partial charge in [0.15, 0.2) is 0 Å². The number of hydrogen-bond acceptors (Lipinski definition) is 5. The van der Waals surface area contributed by atoms with Gasteiger partial charge in [0.05, 0.1) is 17.2 Å². The fourth-order valence-electron chi connectivity index (χ4n) is 2.92. The highest BCUT2D eigenvalue weighted by molar-refractivity contribution is 7.10. The van der Waals surface area contributed by atoms with Crippen LogP contribution >= 0.6 is 22.7 Å². The van der Waals surface area contributed by atoms with E-state index >= 15 is 0 Å². The summed E-state index contributed by atoms with van der Waals surface area (Å²) < 4.78 is 5.72. The van der Waals surface area contributed by atoms with Crippen molar-refractivity contribution < 1.29 is 9.53 Å². The third-order valence-corrected chi connectivity index (χ3v) is 6.07. The van der Waals surface area contributed by atoms with Crippen LogP contribution < -0.4 is 10.1 Å². The van der Waals surface area contributed by atoms with Crippen LogP contribution in [0.1, 0.15) is 38.1 Å². The molecule has 0 fully saturated rings. The Morgan fingerprint density at radius 3 is 2.55 bits per heavy atom. The van der Waals surface area contributed by atoms with E-state index in [1.165, 1.54) is 5.56 Å². The van der Waals surface area contributed by atoms with Crippen LogP contribution in [0.2, 0.25) is 0 Å². The Bertz CT molecular complexity index is 1040. The predicted molar refractivity (Wildman–Crippen MR) is 118 cm³/mol. The molecule has 2 aromatic heterocycles. The number of aromatic nitrogens is 1. The van der Waals surface area contributed by atoms with Crippen molar-refractivity contribution in [1.29, 1.82) is 0 Å². The summed E-state index contributed by atoms with van der Waals surface area (Å²) in [5.41, 5.74) is 5.53. The number of rotatable bonds is 7. The van der Waals surface area contributed by atoms with Crippen molar-refractivity contribution in [3.05, 3.63) is 104 Å². The summed E-state index contributed by atoms with van der Waals surface area (Å²) in [5.74, 6) is 0.595. The summed E-state index contributed by atoms with van der Waals surface area (Å²) in [4.78, 5) is 18.2. The molecule has 0 spiro atoms. The molecule has 2 aromatic carbocycles. The highest BCUT2D eigenvalue weighted by atomic mass is 32.1. The zero-order chi connectivity index (χ0) is 20.1. The Hall–Kier alpha value is -2.96.